The van der Waals surface area contributed by atoms with Crippen LogP contribution in [0.15, 0.2) is 61.2 Å². The van der Waals surface area contributed by atoms with Crippen molar-refractivity contribution in [3.05, 3.63) is 66.9 Å². The molecule has 0 aliphatic carbocycles. The molecule has 4 aromatic rings. The standard InChI is InChI=1S/C18H15N7O/c26-18(21-11-14-3-1-2-6-19-14)25-17-5-4-15-16(24-17)7-12(8-20-15)13-9-22-23-10-13/h1-10H,11H2,(H,22,23)(H2,21,24,25,26). The fraction of sp³-hybridized carbons (Fsp3) is 0.0556. The van der Waals surface area contributed by atoms with Crippen LogP contribution < -0.4 is 10.6 Å². The summed E-state index contributed by atoms with van der Waals surface area (Å²) in [5.74, 6) is 0.446. The van der Waals surface area contributed by atoms with E-state index in [9.17, 15) is 4.79 Å². The van der Waals surface area contributed by atoms with E-state index in [1.807, 2.05) is 30.3 Å². The minimum Gasteiger partial charge on any atom is -0.332 e. The van der Waals surface area contributed by atoms with E-state index in [0.29, 0.717) is 17.9 Å². The second-order valence-corrected chi connectivity index (χ2v) is 5.57. The number of nitrogens with one attached hydrogen (secondary N) is 3. The van der Waals surface area contributed by atoms with Gasteiger partial charge < -0.3 is 5.32 Å². The number of nitrogens with zero attached hydrogens (tertiary/aromatic N) is 4. The predicted molar refractivity (Wildman–Crippen MR) is 97.2 cm³/mol. The van der Waals surface area contributed by atoms with E-state index in [1.165, 1.54) is 0 Å². The van der Waals surface area contributed by atoms with Gasteiger partial charge in [-0.15, -0.1) is 0 Å². The van der Waals surface area contributed by atoms with E-state index < -0.39 is 0 Å². The lowest BCUT2D eigenvalue weighted by Crippen LogP contribution is -2.28. The Morgan fingerprint density at radius 2 is 2.00 bits per heavy atom. The molecule has 0 aromatic carbocycles. The first-order valence-corrected chi connectivity index (χ1v) is 7.99. The van der Waals surface area contributed by atoms with Crippen LogP contribution in [0.5, 0.6) is 0 Å². The van der Waals surface area contributed by atoms with Crippen LogP contribution >= 0.6 is 0 Å². The summed E-state index contributed by atoms with van der Waals surface area (Å²) < 4.78 is 0. The van der Waals surface area contributed by atoms with Crippen LogP contribution in [0.1, 0.15) is 5.69 Å². The Balaban J connectivity index is 1.48. The van der Waals surface area contributed by atoms with Crippen molar-refractivity contribution in [3.8, 4) is 11.1 Å². The number of urea groups is 1. The Labute approximate surface area is 148 Å². The van der Waals surface area contributed by atoms with E-state index >= 15 is 0 Å². The highest BCUT2D eigenvalue weighted by Gasteiger charge is 2.07. The van der Waals surface area contributed by atoms with Gasteiger partial charge in [-0.3, -0.25) is 20.4 Å². The molecule has 4 aromatic heterocycles. The topological polar surface area (TPSA) is 108 Å². The molecule has 8 nitrogen and oxygen atoms in total. The largest absolute Gasteiger partial charge is 0.332 e. The number of rotatable bonds is 4. The van der Waals surface area contributed by atoms with Gasteiger partial charge >= 0.3 is 6.03 Å². The van der Waals surface area contributed by atoms with Crippen LogP contribution in [-0.2, 0) is 6.54 Å². The summed E-state index contributed by atoms with van der Waals surface area (Å²) in [7, 11) is 0. The molecule has 4 rings (SSSR count). The molecule has 0 radical (unpaired) electrons. The van der Waals surface area contributed by atoms with Crippen molar-refractivity contribution in [2.45, 2.75) is 6.54 Å². The zero-order chi connectivity index (χ0) is 17.8. The van der Waals surface area contributed by atoms with Crippen molar-refractivity contribution in [1.82, 2.24) is 30.5 Å². The van der Waals surface area contributed by atoms with E-state index in [1.54, 1.807) is 30.9 Å². The summed E-state index contributed by atoms with van der Waals surface area (Å²) >= 11 is 0. The van der Waals surface area contributed by atoms with Gasteiger partial charge in [0.15, 0.2) is 0 Å². The number of H-pyrrole nitrogens is 1. The third kappa shape index (κ3) is 3.48. The summed E-state index contributed by atoms with van der Waals surface area (Å²) in [6, 6.07) is 10.6. The highest BCUT2D eigenvalue weighted by atomic mass is 16.2. The Kier molecular flexibility index (Phi) is 4.21. The zero-order valence-corrected chi connectivity index (χ0v) is 13.7. The maximum absolute atomic E-state index is 12.1. The van der Waals surface area contributed by atoms with Crippen LogP contribution in [0.2, 0.25) is 0 Å². The molecular weight excluding hydrogens is 330 g/mol. The van der Waals surface area contributed by atoms with Gasteiger partial charge in [-0.2, -0.15) is 5.10 Å². The lowest BCUT2D eigenvalue weighted by molar-refractivity contribution is 0.251. The Morgan fingerprint density at radius 3 is 2.81 bits per heavy atom. The van der Waals surface area contributed by atoms with Gasteiger partial charge in [-0.25, -0.2) is 9.78 Å². The molecule has 0 aliphatic heterocycles. The first-order chi connectivity index (χ1) is 12.8. The van der Waals surface area contributed by atoms with Crippen LogP contribution in [0.3, 0.4) is 0 Å². The highest BCUT2D eigenvalue weighted by Crippen LogP contribution is 2.21. The lowest BCUT2D eigenvalue weighted by atomic mass is 10.1. The van der Waals surface area contributed by atoms with Crippen LogP contribution in [0.4, 0.5) is 10.6 Å². The van der Waals surface area contributed by atoms with Crippen LogP contribution in [0, 0.1) is 0 Å². The molecule has 128 valence electrons. The highest BCUT2D eigenvalue weighted by molar-refractivity contribution is 5.90. The van der Waals surface area contributed by atoms with Gasteiger partial charge in [0.1, 0.15) is 5.82 Å². The number of amides is 2. The number of anilines is 1. The fourth-order valence-electron chi connectivity index (χ4n) is 2.48. The molecule has 0 unspecified atom stereocenters. The Hall–Kier alpha value is -3.81. The maximum atomic E-state index is 12.1. The fourth-order valence-corrected chi connectivity index (χ4v) is 2.48. The van der Waals surface area contributed by atoms with Gasteiger partial charge in [0.25, 0.3) is 0 Å². The molecule has 0 spiro atoms. The third-order valence-electron chi connectivity index (χ3n) is 3.77. The van der Waals surface area contributed by atoms with Crippen molar-refractivity contribution in [1.29, 1.82) is 0 Å². The molecule has 3 N–H and O–H groups in total. The van der Waals surface area contributed by atoms with Gasteiger partial charge in [-0.1, -0.05) is 6.07 Å². The zero-order valence-electron chi connectivity index (χ0n) is 13.7. The van der Waals surface area contributed by atoms with Crippen molar-refractivity contribution >= 4 is 22.9 Å². The number of hydrogen-bond donors (Lipinski definition) is 3. The number of pyridine rings is 3. The first kappa shape index (κ1) is 15.7. The van der Waals surface area contributed by atoms with Crippen molar-refractivity contribution < 1.29 is 4.79 Å². The number of carbonyl (C=O) groups excluding carboxylic acids is 1. The molecular formula is C18H15N7O. The van der Waals surface area contributed by atoms with E-state index in [-0.39, 0.29) is 6.03 Å². The Bertz CT molecular complexity index is 1030. The second-order valence-electron chi connectivity index (χ2n) is 5.57. The van der Waals surface area contributed by atoms with Crippen LogP contribution in [-0.4, -0.2) is 31.2 Å². The molecule has 0 fully saturated rings. The summed E-state index contributed by atoms with van der Waals surface area (Å²) in [4.78, 5) is 25.1. The normalized spacial score (nSPS) is 10.6. The number of hydrogen-bond acceptors (Lipinski definition) is 5. The van der Waals surface area contributed by atoms with Crippen LogP contribution in [0.25, 0.3) is 22.2 Å². The second kappa shape index (κ2) is 6.98. The summed E-state index contributed by atoms with van der Waals surface area (Å²) in [6.45, 7) is 0.340. The Morgan fingerprint density at radius 1 is 1.04 bits per heavy atom. The SMILES string of the molecule is O=C(NCc1ccccn1)Nc1ccc2ncc(-c3cn[nH]c3)cc2n1. The molecule has 0 saturated heterocycles. The monoisotopic (exact) mass is 345 g/mol. The quantitative estimate of drug-likeness (QED) is 0.527. The predicted octanol–water partition coefficient (Wildman–Crippen LogP) is 2.74. The van der Waals surface area contributed by atoms with E-state index in [4.69, 9.17) is 0 Å². The van der Waals surface area contributed by atoms with Gasteiger partial charge in [0.2, 0.25) is 0 Å². The molecule has 2 amide bonds. The van der Waals surface area contributed by atoms with Crippen molar-refractivity contribution in [2.75, 3.05) is 5.32 Å². The number of fused-ring (bicyclic) bond motifs is 1. The van der Waals surface area contributed by atoms with Gasteiger partial charge in [-0.05, 0) is 30.3 Å². The van der Waals surface area contributed by atoms with Gasteiger partial charge in [0, 0.05) is 29.7 Å². The van der Waals surface area contributed by atoms with E-state index in [2.05, 4.69) is 35.8 Å². The summed E-state index contributed by atoms with van der Waals surface area (Å²) in [5, 5.41) is 12.2. The number of aromatic amines is 1. The molecule has 0 aliphatic rings. The van der Waals surface area contributed by atoms with Crippen molar-refractivity contribution in [2.24, 2.45) is 0 Å². The average molecular weight is 345 g/mol. The van der Waals surface area contributed by atoms with E-state index in [0.717, 1.165) is 22.3 Å². The minimum atomic E-state index is -0.346. The number of aromatic nitrogens is 5. The average Bonchev–Trinajstić information content (AvgIpc) is 3.21. The van der Waals surface area contributed by atoms with Crippen molar-refractivity contribution in [3.63, 3.8) is 0 Å². The first-order valence-electron chi connectivity index (χ1n) is 7.99. The van der Waals surface area contributed by atoms with Gasteiger partial charge in [0.05, 0.1) is 29.5 Å². The smallest absolute Gasteiger partial charge is 0.320 e. The third-order valence-corrected chi connectivity index (χ3v) is 3.77. The summed E-state index contributed by atoms with van der Waals surface area (Å²) in [5.41, 5.74) is 4.04. The molecule has 26 heavy (non-hydrogen) atoms. The molecule has 8 heteroatoms. The lowest BCUT2D eigenvalue weighted by Gasteiger charge is -2.08. The molecule has 4 heterocycles. The maximum Gasteiger partial charge on any atom is 0.320 e. The number of carbonyl (C=O) groups is 1. The molecule has 0 atom stereocenters. The molecule has 0 saturated carbocycles. The minimum absolute atomic E-state index is 0.340. The summed E-state index contributed by atoms with van der Waals surface area (Å²) in [6.07, 6.45) is 6.96. The molecule has 0 bridgehead atoms.